The number of hydrogen-bond acceptors (Lipinski definition) is 6. The largest absolute Gasteiger partial charge is 0.481 e. The first-order valence-electron chi connectivity index (χ1n) is 9.83. The van der Waals surface area contributed by atoms with Crippen LogP contribution in [0, 0.1) is 13.8 Å². The molecule has 0 bridgehead atoms. The van der Waals surface area contributed by atoms with Gasteiger partial charge in [0.05, 0.1) is 24.0 Å². The van der Waals surface area contributed by atoms with Crippen LogP contribution in [0.3, 0.4) is 0 Å². The molecule has 1 aliphatic heterocycles. The molecule has 3 heterocycles. The van der Waals surface area contributed by atoms with Crippen LogP contribution < -0.4 is 10.3 Å². The van der Waals surface area contributed by atoms with E-state index in [-0.39, 0.29) is 18.0 Å². The number of carbonyl (C=O) groups is 1. The quantitative estimate of drug-likeness (QED) is 0.714. The van der Waals surface area contributed by atoms with E-state index in [0.717, 1.165) is 11.1 Å². The van der Waals surface area contributed by atoms with Crippen molar-refractivity contribution in [2.24, 2.45) is 0 Å². The van der Waals surface area contributed by atoms with Gasteiger partial charge in [0.1, 0.15) is 11.4 Å². The van der Waals surface area contributed by atoms with Crippen molar-refractivity contribution >= 4 is 5.91 Å². The van der Waals surface area contributed by atoms with Crippen LogP contribution in [0.15, 0.2) is 41.6 Å². The number of carbonyl (C=O) groups excluding carboxylic acids is 1. The van der Waals surface area contributed by atoms with Gasteiger partial charge in [0.25, 0.3) is 11.5 Å². The lowest BCUT2D eigenvalue weighted by Gasteiger charge is -2.30. The minimum absolute atomic E-state index is 0.155. The molecule has 1 N–H and O–H groups in total. The number of ether oxygens (including phenoxy) is 1. The molecule has 154 valence electrons. The van der Waals surface area contributed by atoms with Gasteiger partial charge in [-0.2, -0.15) is 0 Å². The van der Waals surface area contributed by atoms with Crippen molar-refractivity contribution in [2.75, 3.05) is 6.54 Å². The number of hydrogen-bond donors (Lipinski definition) is 1. The summed E-state index contributed by atoms with van der Waals surface area (Å²) >= 11 is 0. The average Bonchev–Trinajstić information content (AvgIpc) is 2.73. The van der Waals surface area contributed by atoms with E-state index in [2.05, 4.69) is 26.0 Å². The Kier molecular flexibility index (Phi) is 5.31. The standard InChI is InChI=1S/C22H23N5O3/c1-13-8-14(2)10-16(9-13)30-15(3)22(29)27-7-4-18-17(12-27)21(28)26-20(25-18)19-11-23-5-6-24-19/h5-6,8-11,15H,4,7,12H2,1-3H3,(H,25,26,28). The van der Waals surface area contributed by atoms with Crippen molar-refractivity contribution in [3.63, 3.8) is 0 Å². The summed E-state index contributed by atoms with van der Waals surface area (Å²) in [5.41, 5.74) is 3.58. The number of H-pyrrole nitrogens is 1. The zero-order valence-corrected chi connectivity index (χ0v) is 17.2. The van der Waals surface area contributed by atoms with Crippen molar-refractivity contribution < 1.29 is 9.53 Å². The molecule has 0 aliphatic carbocycles. The second-order valence-corrected chi connectivity index (χ2v) is 7.52. The van der Waals surface area contributed by atoms with Crippen LogP contribution in [-0.2, 0) is 17.8 Å². The number of rotatable bonds is 4. The highest BCUT2D eigenvalue weighted by Gasteiger charge is 2.28. The molecule has 1 amide bonds. The SMILES string of the molecule is Cc1cc(C)cc(OC(C)C(=O)N2CCc3nc(-c4cnccn4)[nH]c(=O)c3C2)c1. The Morgan fingerprint density at radius 3 is 2.67 bits per heavy atom. The van der Waals surface area contributed by atoms with Crippen LogP contribution in [0.4, 0.5) is 0 Å². The van der Waals surface area contributed by atoms with Gasteiger partial charge in [-0.3, -0.25) is 14.6 Å². The summed E-state index contributed by atoms with van der Waals surface area (Å²) in [6, 6.07) is 5.87. The summed E-state index contributed by atoms with van der Waals surface area (Å²) in [6.45, 7) is 6.39. The number of benzene rings is 1. The van der Waals surface area contributed by atoms with Crippen molar-refractivity contribution in [1.29, 1.82) is 0 Å². The van der Waals surface area contributed by atoms with Gasteiger partial charge in [-0.25, -0.2) is 9.97 Å². The molecule has 0 saturated heterocycles. The van der Waals surface area contributed by atoms with Gasteiger partial charge < -0.3 is 14.6 Å². The number of aromatic amines is 1. The van der Waals surface area contributed by atoms with Gasteiger partial charge in [0.15, 0.2) is 11.9 Å². The minimum atomic E-state index is -0.654. The third-order valence-corrected chi connectivity index (χ3v) is 5.04. The molecule has 30 heavy (non-hydrogen) atoms. The van der Waals surface area contributed by atoms with Gasteiger partial charge in [-0.15, -0.1) is 0 Å². The highest BCUT2D eigenvalue weighted by atomic mass is 16.5. The second-order valence-electron chi connectivity index (χ2n) is 7.52. The number of amides is 1. The number of aryl methyl sites for hydroxylation is 2. The van der Waals surface area contributed by atoms with Crippen LogP contribution in [0.25, 0.3) is 11.5 Å². The fourth-order valence-corrected chi connectivity index (χ4v) is 3.67. The van der Waals surface area contributed by atoms with Gasteiger partial charge in [-0.1, -0.05) is 6.07 Å². The lowest BCUT2D eigenvalue weighted by Crippen LogP contribution is -2.45. The fourth-order valence-electron chi connectivity index (χ4n) is 3.67. The topological polar surface area (TPSA) is 101 Å². The molecule has 2 aromatic heterocycles. The predicted molar refractivity (Wildman–Crippen MR) is 111 cm³/mol. The first-order valence-corrected chi connectivity index (χ1v) is 9.83. The monoisotopic (exact) mass is 405 g/mol. The Bertz CT molecular complexity index is 1120. The van der Waals surface area contributed by atoms with E-state index in [1.807, 2.05) is 26.0 Å². The third kappa shape index (κ3) is 4.07. The fraction of sp³-hybridized carbons (Fsp3) is 0.318. The number of fused-ring (bicyclic) bond motifs is 1. The van der Waals surface area contributed by atoms with Crippen LogP contribution in [0.5, 0.6) is 5.75 Å². The molecule has 0 spiro atoms. The third-order valence-electron chi connectivity index (χ3n) is 5.04. The van der Waals surface area contributed by atoms with E-state index in [4.69, 9.17) is 4.74 Å². The molecule has 1 atom stereocenters. The normalized spacial score (nSPS) is 14.2. The molecular formula is C22H23N5O3. The zero-order valence-electron chi connectivity index (χ0n) is 17.2. The Labute approximate surface area is 174 Å². The molecule has 4 rings (SSSR count). The molecule has 0 radical (unpaired) electrons. The lowest BCUT2D eigenvalue weighted by molar-refractivity contribution is -0.138. The first-order chi connectivity index (χ1) is 14.4. The lowest BCUT2D eigenvalue weighted by atomic mass is 10.1. The van der Waals surface area contributed by atoms with E-state index < -0.39 is 6.10 Å². The van der Waals surface area contributed by atoms with Crippen LogP contribution in [0.2, 0.25) is 0 Å². The van der Waals surface area contributed by atoms with Crippen LogP contribution >= 0.6 is 0 Å². The summed E-state index contributed by atoms with van der Waals surface area (Å²) in [7, 11) is 0. The van der Waals surface area contributed by atoms with Gasteiger partial charge in [-0.05, 0) is 44.0 Å². The number of nitrogens with zero attached hydrogens (tertiary/aromatic N) is 4. The van der Waals surface area contributed by atoms with E-state index >= 15 is 0 Å². The van der Waals surface area contributed by atoms with Crippen molar-refractivity contribution in [3.05, 3.63) is 69.5 Å². The molecule has 0 saturated carbocycles. The van der Waals surface area contributed by atoms with Crippen LogP contribution in [0.1, 0.15) is 29.3 Å². The summed E-state index contributed by atoms with van der Waals surface area (Å²) in [6.07, 6.45) is 4.50. The van der Waals surface area contributed by atoms with E-state index in [0.29, 0.717) is 41.5 Å². The van der Waals surface area contributed by atoms with E-state index in [9.17, 15) is 9.59 Å². The summed E-state index contributed by atoms with van der Waals surface area (Å²) in [5.74, 6) is 0.897. The van der Waals surface area contributed by atoms with Gasteiger partial charge in [0.2, 0.25) is 0 Å². The highest BCUT2D eigenvalue weighted by Crippen LogP contribution is 2.21. The smallest absolute Gasteiger partial charge is 0.263 e. The van der Waals surface area contributed by atoms with E-state index in [1.54, 1.807) is 30.4 Å². The second kappa shape index (κ2) is 8.06. The zero-order chi connectivity index (χ0) is 21.3. The first kappa shape index (κ1) is 19.8. The molecule has 3 aromatic rings. The minimum Gasteiger partial charge on any atom is -0.481 e. The van der Waals surface area contributed by atoms with Crippen molar-refractivity contribution in [2.45, 2.75) is 39.8 Å². The summed E-state index contributed by atoms with van der Waals surface area (Å²) < 4.78 is 5.88. The Morgan fingerprint density at radius 2 is 1.97 bits per heavy atom. The molecule has 1 unspecified atom stereocenters. The Balaban J connectivity index is 1.51. The Morgan fingerprint density at radius 1 is 1.20 bits per heavy atom. The molecule has 8 nitrogen and oxygen atoms in total. The predicted octanol–water partition coefficient (Wildman–Crippen LogP) is 2.20. The molecule has 0 fully saturated rings. The molecule has 1 aliphatic rings. The highest BCUT2D eigenvalue weighted by molar-refractivity contribution is 5.81. The number of aromatic nitrogens is 4. The van der Waals surface area contributed by atoms with E-state index in [1.165, 1.54) is 0 Å². The summed E-state index contributed by atoms with van der Waals surface area (Å²) in [5, 5.41) is 0. The molecule has 1 aromatic carbocycles. The number of nitrogens with one attached hydrogen (secondary N) is 1. The van der Waals surface area contributed by atoms with Crippen molar-refractivity contribution in [3.8, 4) is 17.3 Å². The van der Waals surface area contributed by atoms with Crippen molar-refractivity contribution in [1.82, 2.24) is 24.8 Å². The average molecular weight is 405 g/mol. The maximum atomic E-state index is 12.9. The molecular weight excluding hydrogens is 382 g/mol. The maximum Gasteiger partial charge on any atom is 0.263 e. The van der Waals surface area contributed by atoms with Gasteiger partial charge >= 0.3 is 0 Å². The Hall–Kier alpha value is -3.55. The van der Waals surface area contributed by atoms with Crippen LogP contribution in [-0.4, -0.2) is 43.4 Å². The maximum absolute atomic E-state index is 12.9. The van der Waals surface area contributed by atoms with Gasteiger partial charge in [0, 0.05) is 25.4 Å². The molecule has 8 heteroatoms. The summed E-state index contributed by atoms with van der Waals surface area (Å²) in [4.78, 5) is 42.7.